The van der Waals surface area contributed by atoms with Gasteiger partial charge in [0.2, 0.25) is 5.91 Å². The van der Waals surface area contributed by atoms with Crippen molar-refractivity contribution in [1.82, 2.24) is 10.6 Å². The fourth-order valence-corrected chi connectivity index (χ4v) is 5.28. The zero-order valence-corrected chi connectivity index (χ0v) is 23.9. The van der Waals surface area contributed by atoms with E-state index in [1.54, 1.807) is 18.2 Å². The number of Topliss-reactive ketones (excluding diaryl/α,β-unsaturated/α-hetero) is 1. The summed E-state index contributed by atoms with van der Waals surface area (Å²) in [6.07, 6.45) is -0.298. The van der Waals surface area contributed by atoms with Crippen LogP contribution in [0.4, 0.5) is 8.78 Å². The molecule has 6 nitrogen and oxygen atoms in total. The van der Waals surface area contributed by atoms with Crippen molar-refractivity contribution >= 4 is 33.6 Å². The summed E-state index contributed by atoms with van der Waals surface area (Å²) >= 11 is 0. The minimum atomic E-state index is -1.06. The Morgan fingerprint density at radius 1 is 0.814 bits per heavy atom. The molecular formula is C35H34F2N2O4. The largest absolute Gasteiger partial charge is 0.456 e. The molecule has 0 aliphatic carbocycles. The predicted octanol–water partition coefficient (Wildman–Crippen LogP) is 6.27. The van der Waals surface area contributed by atoms with Gasteiger partial charge in [-0.1, -0.05) is 49.4 Å². The zero-order chi connectivity index (χ0) is 30.3. The monoisotopic (exact) mass is 584 g/mol. The standard InChI is InChI=1S/C35H34F2N2O4/c1-2-22-6-5-7-23(14-22)20-38-21-32(41)30(17-24-15-26(36)19-27(37)16-24)39-35(42)13-11-31(40)25-10-12-34-29(18-25)28-8-3-4-9-33(28)43-34/h3-10,12,14-16,18-19,30,32,38,41H,2,11,13,17,20-21H2,1H3,(H,39,42). The lowest BCUT2D eigenvalue weighted by Gasteiger charge is -2.25. The van der Waals surface area contributed by atoms with Gasteiger partial charge < -0.3 is 20.2 Å². The van der Waals surface area contributed by atoms with Crippen LogP contribution in [0.3, 0.4) is 0 Å². The first-order valence-corrected chi connectivity index (χ1v) is 14.4. The number of para-hydroxylation sites is 1. The highest BCUT2D eigenvalue weighted by atomic mass is 19.1. The van der Waals surface area contributed by atoms with Gasteiger partial charge in [0, 0.05) is 48.3 Å². The van der Waals surface area contributed by atoms with Crippen LogP contribution in [0.25, 0.3) is 21.9 Å². The molecule has 1 aromatic heterocycles. The van der Waals surface area contributed by atoms with Crippen LogP contribution in [0.15, 0.2) is 89.3 Å². The van der Waals surface area contributed by atoms with E-state index in [9.17, 15) is 23.5 Å². The number of hydrogen-bond acceptors (Lipinski definition) is 5. The number of halogens is 2. The first-order valence-electron chi connectivity index (χ1n) is 14.4. The number of hydrogen-bond donors (Lipinski definition) is 3. The van der Waals surface area contributed by atoms with Crippen molar-refractivity contribution in [3.63, 3.8) is 0 Å². The van der Waals surface area contributed by atoms with E-state index in [4.69, 9.17) is 4.42 Å². The molecule has 43 heavy (non-hydrogen) atoms. The molecule has 2 unspecified atom stereocenters. The maximum absolute atomic E-state index is 13.9. The Morgan fingerprint density at radius 2 is 1.56 bits per heavy atom. The Morgan fingerprint density at radius 3 is 2.35 bits per heavy atom. The average molecular weight is 585 g/mol. The van der Waals surface area contributed by atoms with Crippen LogP contribution in [0.5, 0.6) is 0 Å². The summed E-state index contributed by atoms with van der Waals surface area (Å²) in [5, 5.41) is 18.7. The molecule has 8 heteroatoms. The molecule has 3 N–H and O–H groups in total. The number of aliphatic hydroxyl groups is 1. The summed E-state index contributed by atoms with van der Waals surface area (Å²) in [6.45, 7) is 2.72. The van der Waals surface area contributed by atoms with Gasteiger partial charge in [-0.25, -0.2) is 8.78 Å². The Kier molecular flexibility index (Phi) is 9.59. The molecule has 0 aliphatic heterocycles. The SMILES string of the molecule is CCc1cccc(CNCC(O)C(Cc2cc(F)cc(F)c2)NC(=O)CCC(=O)c2ccc3oc4ccccc4c3c2)c1. The molecule has 0 bridgehead atoms. The van der Waals surface area contributed by atoms with Crippen molar-refractivity contribution in [2.24, 2.45) is 0 Å². The number of carbonyl (C=O) groups is 2. The van der Waals surface area contributed by atoms with E-state index < -0.39 is 29.7 Å². The van der Waals surface area contributed by atoms with Gasteiger partial charge in [-0.2, -0.15) is 0 Å². The second-order valence-electron chi connectivity index (χ2n) is 10.8. The summed E-state index contributed by atoms with van der Waals surface area (Å²) in [5.41, 5.74) is 4.43. The first-order chi connectivity index (χ1) is 20.8. The molecule has 5 rings (SSSR count). The minimum Gasteiger partial charge on any atom is -0.456 e. The number of carbonyl (C=O) groups excluding carboxylic acids is 2. The predicted molar refractivity (Wildman–Crippen MR) is 163 cm³/mol. The fraction of sp³-hybridized carbons (Fsp3) is 0.257. The number of furan rings is 1. The summed E-state index contributed by atoms with van der Waals surface area (Å²) in [6, 6.07) is 23.1. The van der Waals surface area contributed by atoms with Gasteiger partial charge in [-0.05, 0) is 65.9 Å². The lowest BCUT2D eigenvalue weighted by molar-refractivity contribution is -0.122. The van der Waals surface area contributed by atoms with Gasteiger partial charge >= 0.3 is 0 Å². The van der Waals surface area contributed by atoms with Crippen LogP contribution >= 0.6 is 0 Å². The topological polar surface area (TPSA) is 91.6 Å². The molecule has 0 saturated heterocycles. The van der Waals surface area contributed by atoms with Crippen LogP contribution in [-0.4, -0.2) is 35.5 Å². The molecular weight excluding hydrogens is 550 g/mol. The quantitative estimate of drug-likeness (QED) is 0.142. The Balaban J connectivity index is 1.22. The smallest absolute Gasteiger partial charge is 0.220 e. The second-order valence-corrected chi connectivity index (χ2v) is 10.8. The van der Waals surface area contributed by atoms with Crippen LogP contribution in [0, 0.1) is 11.6 Å². The molecule has 0 radical (unpaired) electrons. The number of amides is 1. The van der Waals surface area contributed by atoms with Crippen LogP contribution in [0.2, 0.25) is 0 Å². The number of ketones is 1. The van der Waals surface area contributed by atoms with Gasteiger partial charge in [-0.3, -0.25) is 9.59 Å². The molecule has 1 heterocycles. The summed E-state index contributed by atoms with van der Waals surface area (Å²) < 4.78 is 33.6. The Hall–Kier alpha value is -4.40. The first kappa shape index (κ1) is 30.1. The summed E-state index contributed by atoms with van der Waals surface area (Å²) in [4.78, 5) is 26.0. The van der Waals surface area contributed by atoms with Crippen molar-refractivity contribution in [3.8, 4) is 0 Å². The Labute approximate surface area is 248 Å². The van der Waals surface area contributed by atoms with E-state index in [0.29, 0.717) is 23.3 Å². The number of fused-ring (bicyclic) bond motifs is 3. The lowest BCUT2D eigenvalue weighted by atomic mass is 9.99. The highest BCUT2D eigenvalue weighted by molar-refractivity contribution is 6.08. The average Bonchev–Trinajstić information content (AvgIpc) is 3.37. The number of benzene rings is 4. The molecule has 1 amide bonds. The van der Waals surface area contributed by atoms with Gasteiger partial charge in [0.15, 0.2) is 5.78 Å². The third-order valence-corrected chi connectivity index (χ3v) is 7.55. The molecule has 5 aromatic rings. The van der Waals surface area contributed by atoms with E-state index in [0.717, 1.165) is 34.4 Å². The van der Waals surface area contributed by atoms with Crippen LogP contribution < -0.4 is 10.6 Å². The van der Waals surface area contributed by atoms with Gasteiger partial charge in [0.25, 0.3) is 0 Å². The Bertz CT molecular complexity index is 1730. The van der Waals surface area contributed by atoms with Crippen molar-refractivity contribution in [2.75, 3.05) is 6.54 Å². The minimum absolute atomic E-state index is 0.00671. The molecule has 2 atom stereocenters. The third kappa shape index (κ3) is 7.71. The highest BCUT2D eigenvalue weighted by Crippen LogP contribution is 2.29. The van der Waals surface area contributed by atoms with E-state index in [1.165, 1.54) is 17.7 Å². The van der Waals surface area contributed by atoms with Gasteiger partial charge in [-0.15, -0.1) is 0 Å². The maximum atomic E-state index is 13.9. The normalized spacial score (nSPS) is 12.8. The van der Waals surface area contributed by atoms with Crippen LogP contribution in [0.1, 0.15) is 46.8 Å². The van der Waals surface area contributed by atoms with E-state index in [1.807, 2.05) is 42.5 Å². The van der Waals surface area contributed by atoms with E-state index in [-0.39, 0.29) is 31.6 Å². The molecule has 222 valence electrons. The summed E-state index contributed by atoms with van der Waals surface area (Å²) in [5.74, 6) is -2.13. The van der Waals surface area contributed by atoms with Crippen molar-refractivity contribution in [2.45, 2.75) is 51.3 Å². The number of nitrogens with one attached hydrogen (secondary N) is 2. The number of aryl methyl sites for hydroxylation is 1. The maximum Gasteiger partial charge on any atom is 0.220 e. The van der Waals surface area contributed by atoms with Crippen LogP contribution in [-0.2, 0) is 24.2 Å². The zero-order valence-electron chi connectivity index (χ0n) is 23.9. The van der Waals surface area contributed by atoms with Crippen molar-refractivity contribution in [1.29, 1.82) is 0 Å². The van der Waals surface area contributed by atoms with Gasteiger partial charge in [0.05, 0.1) is 12.1 Å². The molecule has 0 saturated carbocycles. The number of aliphatic hydroxyl groups excluding tert-OH is 1. The second kappa shape index (κ2) is 13.7. The van der Waals surface area contributed by atoms with E-state index >= 15 is 0 Å². The van der Waals surface area contributed by atoms with Crippen molar-refractivity contribution in [3.05, 3.63) is 119 Å². The molecule has 0 aliphatic rings. The molecule has 4 aromatic carbocycles. The third-order valence-electron chi connectivity index (χ3n) is 7.55. The van der Waals surface area contributed by atoms with Crippen molar-refractivity contribution < 1.29 is 27.9 Å². The molecule has 0 spiro atoms. The molecule has 0 fully saturated rings. The fourth-order valence-electron chi connectivity index (χ4n) is 5.28. The lowest BCUT2D eigenvalue weighted by Crippen LogP contribution is -2.48. The summed E-state index contributed by atoms with van der Waals surface area (Å²) in [7, 11) is 0. The van der Waals surface area contributed by atoms with Gasteiger partial charge in [0.1, 0.15) is 22.8 Å². The number of rotatable bonds is 13. The highest BCUT2D eigenvalue weighted by Gasteiger charge is 2.23. The van der Waals surface area contributed by atoms with E-state index in [2.05, 4.69) is 23.6 Å².